The first kappa shape index (κ1) is 21.2. The number of nitrogens with one attached hydrogen (secondary N) is 1. The largest absolute Gasteiger partial charge is 0.451 e. The number of aryl methyl sites for hydroxylation is 1. The van der Waals surface area contributed by atoms with Gasteiger partial charge in [-0.05, 0) is 25.1 Å². The van der Waals surface area contributed by atoms with Gasteiger partial charge < -0.3 is 10.1 Å². The lowest BCUT2D eigenvalue weighted by Gasteiger charge is -2.10. The molecule has 0 aliphatic rings. The Hall–Kier alpha value is -3.99. The first-order valence-electron chi connectivity index (χ1n) is 9.55. The molecule has 1 amide bonds. The van der Waals surface area contributed by atoms with Crippen LogP contribution in [-0.2, 0) is 23.6 Å². The van der Waals surface area contributed by atoms with Gasteiger partial charge in [-0.25, -0.2) is 14.3 Å². The zero-order chi connectivity index (χ0) is 23.0. The Bertz CT molecular complexity index is 1460. The molecule has 0 saturated carbocycles. The van der Waals surface area contributed by atoms with Crippen molar-refractivity contribution in [1.29, 1.82) is 0 Å². The van der Waals surface area contributed by atoms with E-state index in [1.807, 2.05) is 37.3 Å². The van der Waals surface area contributed by atoms with Gasteiger partial charge in [-0.1, -0.05) is 18.2 Å². The maximum absolute atomic E-state index is 12.5. The van der Waals surface area contributed by atoms with E-state index in [0.29, 0.717) is 4.88 Å². The predicted octanol–water partition coefficient (Wildman–Crippen LogP) is 1.59. The van der Waals surface area contributed by atoms with Crippen molar-refractivity contribution >= 4 is 39.2 Å². The molecule has 0 unspecified atom stereocenters. The number of rotatable bonds is 5. The van der Waals surface area contributed by atoms with Gasteiger partial charge >= 0.3 is 11.7 Å². The fourth-order valence-corrected chi connectivity index (χ4v) is 4.20. The van der Waals surface area contributed by atoms with Crippen LogP contribution in [0.1, 0.15) is 15.4 Å². The van der Waals surface area contributed by atoms with Crippen LogP contribution < -0.4 is 16.6 Å². The minimum absolute atomic E-state index is 0.0135. The molecule has 3 heterocycles. The molecule has 1 aromatic carbocycles. The Morgan fingerprint density at radius 1 is 1.09 bits per heavy atom. The summed E-state index contributed by atoms with van der Waals surface area (Å²) < 4.78 is 8.92. The summed E-state index contributed by atoms with van der Waals surface area (Å²) >= 11 is 1.22. The van der Waals surface area contributed by atoms with Gasteiger partial charge in [0.05, 0.1) is 11.4 Å². The topological polar surface area (TPSA) is 117 Å². The second-order valence-corrected chi connectivity index (χ2v) is 8.09. The summed E-state index contributed by atoms with van der Waals surface area (Å²) in [4.78, 5) is 49.6. The molecule has 0 atom stereocenters. The van der Waals surface area contributed by atoms with Crippen molar-refractivity contribution in [1.82, 2.24) is 18.9 Å². The van der Waals surface area contributed by atoms with Gasteiger partial charge in [0.1, 0.15) is 15.5 Å². The average molecular weight is 453 g/mol. The highest BCUT2D eigenvalue weighted by atomic mass is 32.1. The number of aromatic nitrogens is 4. The minimum atomic E-state index is -0.672. The summed E-state index contributed by atoms with van der Waals surface area (Å²) in [5.41, 5.74) is 0.487. The third-order valence-corrected chi connectivity index (χ3v) is 5.97. The highest BCUT2D eigenvalue weighted by Crippen LogP contribution is 2.30. The Balaban J connectivity index is 1.48. The van der Waals surface area contributed by atoms with Crippen LogP contribution in [0.5, 0.6) is 0 Å². The summed E-state index contributed by atoms with van der Waals surface area (Å²) in [7, 11) is 2.75. The lowest BCUT2D eigenvalue weighted by atomic mass is 10.3. The number of carbonyl (C=O) groups is 2. The van der Waals surface area contributed by atoms with Crippen molar-refractivity contribution in [2.75, 3.05) is 11.9 Å². The Labute approximate surface area is 185 Å². The summed E-state index contributed by atoms with van der Waals surface area (Å²) in [6, 6.07) is 12.3. The molecule has 0 bridgehead atoms. The van der Waals surface area contributed by atoms with Crippen molar-refractivity contribution in [3.05, 3.63) is 73.9 Å². The highest BCUT2D eigenvalue weighted by molar-refractivity contribution is 7.20. The van der Waals surface area contributed by atoms with Gasteiger partial charge in [0, 0.05) is 25.5 Å². The van der Waals surface area contributed by atoms with Crippen LogP contribution in [0, 0.1) is 6.92 Å². The van der Waals surface area contributed by atoms with Gasteiger partial charge in [0.15, 0.2) is 6.61 Å². The molecule has 4 rings (SSSR count). The van der Waals surface area contributed by atoms with Crippen LogP contribution in [0.15, 0.2) is 52.1 Å². The number of amides is 1. The zero-order valence-corrected chi connectivity index (χ0v) is 18.3. The number of para-hydroxylation sites is 1. The van der Waals surface area contributed by atoms with Gasteiger partial charge in [-0.2, -0.15) is 5.10 Å². The standard InChI is InChI=1S/C21H19N5O5S/c1-12-14-9-15(32-19(14)26(23-12)13-7-5-4-6-8-13)20(29)31-11-17(27)22-16-10-18(28)25(3)21(30)24(16)2/h4-10H,11H2,1-3H3,(H,22,27). The number of ether oxygens (including phenoxy) is 1. The van der Waals surface area contributed by atoms with Crippen molar-refractivity contribution in [2.24, 2.45) is 14.1 Å². The van der Waals surface area contributed by atoms with E-state index >= 15 is 0 Å². The normalized spacial score (nSPS) is 11.0. The lowest BCUT2D eigenvalue weighted by molar-refractivity contribution is -0.119. The molecular weight excluding hydrogens is 434 g/mol. The molecule has 0 saturated heterocycles. The number of esters is 1. The van der Waals surface area contributed by atoms with Crippen molar-refractivity contribution < 1.29 is 14.3 Å². The van der Waals surface area contributed by atoms with E-state index in [2.05, 4.69) is 10.4 Å². The Morgan fingerprint density at radius 3 is 2.53 bits per heavy atom. The SMILES string of the molecule is Cc1nn(-c2ccccc2)c2sc(C(=O)OCC(=O)Nc3cc(=O)n(C)c(=O)n3C)cc12. The number of hydrogen-bond acceptors (Lipinski definition) is 7. The molecule has 0 aliphatic carbocycles. The molecule has 11 heteroatoms. The number of carbonyl (C=O) groups excluding carboxylic acids is 2. The zero-order valence-electron chi connectivity index (χ0n) is 17.5. The van der Waals surface area contributed by atoms with Crippen LogP contribution in [-0.4, -0.2) is 37.4 Å². The number of nitrogens with zero attached hydrogens (tertiary/aromatic N) is 4. The van der Waals surface area contributed by atoms with Gasteiger partial charge in [0.25, 0.3) is 11.5 Å². The third-order valence-electron chi connectivity index (χ3n) is 4.87. The molecule has 0 aliphatic heterocycles. The molecule has 3 aromatic heterocycles. The number of benzene rings is 1. The van der Waals surface area contributed by atoms with Gasteiger partial charge in [-0.15, -0.1) is 11.3 Å². The molecule has 164 valence electrons. The van der Waals surface area contributed by atoms with Crippen LogP contribution in [0.3, 0.4) is 0 Å². The summed E-state index contributed by atoms with van der Waals surface area (Å²) in [5, 5.41) is 7.76. The molecule has 0 radical (unpaired) electrons. The maximum atomic E-state index is 12.5. The van der Waals surface area contributed by atoms with E-state index in [9.17, 15) is 19.2 Å². The predicted molar refractivity (Wildman–Crippen MR) is 120 cm³/mol. The first-order chi connectivity index (χ1) is 15.3. The van der Waals surface area contributed by atoms with Crippen LogP contribution in [0.25, 0.3) is 15.9 Å². The second kappa shape index (κ2) is 8.27. The van der Waals surface area contributed by atoms with E-state index in [1.165, 1.54) is 25.4 Å². The number of anilines is 1. The Morgan fingerprint density at radius 2 is 1.81 bits per heavy atom. The van der Waals surface area contributed by atoms with E-state index < -0.39 is 29.7 Å². The molecular formula is C21H19N5O5S. The minimum Gasteiger partial charge on any atom is -0.451 e. The van der Waals surface area contributed by atoms with Crippen LogP contribution in [0.2, 0.25) is 0 Å². The fraction of sp³-hybridized carbons (Fsp3) is 0.190. The molecule has 1 N–H and O–H groups in total. The quantitative estimate of drug-likeness (QED) is 0.459. The van der Waals surface area contributed by atoms with Gasteiger partial charge in [-0.3, -0.25) is 18.7 Å². The molecule has 32 heavy (non-hydrogen) atoms. The smallest absolute Gasteiger partial charge is 0.348 e. The van der Waals surface area contributed by atoms with Crippen molar-refractivity contribution in [3.63, 3.8) is 0 Å². The monoisotopic (exact) mass is 453 g/mol. The molecule has 4 aromatic rings. The van der Waals surface area contributed by atoms with Crippen LogP contribution in [0.4, 0.5) is 5.82 Å². The van der Waals surface area contributed by atoms with Crippen LogP contribution >= 0.6 is 11.3 Å². The Kier molecular flexibility index (Phi) is 5.49. The summed E-state index contributed by atoms with van der Waals surface area (Å²) in [6.45, 7) is 1.28. The maximum Gasteiger partial charge on any atom is 0.348 e. The van der Waals surface area contributed by atoms with E-state index in [4.69, 9.17) is 4.74 Å². The van der Waals surface area contributed by atoms with Crippen molar-refractivity contribution in [2.45, 2.75) is 6.92 Å². The first-order valence-corrected chi connectivity index (χ1v) is 10.4. The van der Waals surface area contributed by atoms with Gasteiger partial charge in [0.2, 0.25) is 0 Å². The van der Waals surface area contributed by atoms with E-state index in [-0.39, 0.29) is 5.82 Å². The highest BCUT2D eigenvalue weighted by Gasteiger charge is 2.19. The summed E-state index contributed by atoms with van der Waals surface area (Å²) in [6.07, 6.45) is 0. The number of hydrogen-bond donors (Lipinski definition) is 1. The van der Waals surface area contributed by atoms with Crippen molar-refractivity contribution in [3.8, 4) is 5.69 Å². The van der Waals surface area contributed by atoms with E-state index in [1.54, 1.807) is 10.7 Å². The molecule has 10 nitrogen and oxygen atoms in total. The average Bonchev–Trinajstić information content (AvgIpc) is 3.35. The number of fused-ring (bicyclic) bond motifs is 1. The molecule has 0 spiro atoms. The summed E-state index contributed by atoms with van der Waals surface area (Å²) in [5.74, 6) is -1.31. The lowest BCUT2D eigenvalue weighted by Crippen LogP contribution is -2.38. The second-order valence-electron chi connectivity index (χ2n) is 7.05. The molecule has 0 fully saturated rings. The third kappa shape index (κ3) is 3.85. The fourth-order valence-electron chi connectivity index (χ4n) is 3.13. The number of thiophene rings is 1. The van der Waals surface area contributed by atoms with E-state index in [0.717, 1.165) is 36.8 Å².